The number of aryl methyl sites for hydroxylation is 1. The third-order valence-electron chi connectivity index (χ3n) is 3.46. The predicted molar refractivity (Wildman–Crippen MR) is 82.8 cm³/mol. The lowest BCUT2D eigenvalue weighted by Gasteiger charge is -2.35. The molecule has 1 amide bonds. The molecule has 0 bridgehead atoms. The Morgan fingerprint density at radius 1 is 1.35 bits per heavy atom. The molecule has 0 aromatic carbocycles. The van der Waals surface area contributed by atoms with E-state index in [1.807, 2.05) is 0 Å². The standard InChI is InChI=1S/C15H21NO6S/c1-10-11(5-7-21-10)13(17)16-6-8-23(19,20)9-12(16)14(18)22-15(2,3)4/h5,7,12H,6,8-9H2,1-4H3. The van der Waals surface area contributed by atoms with Crippen LogP contribution in [0.2, 0.25) is 0 Å². The van der Waals surface area contributed by atoms with Gasteiger partial charge in [0.1, 0.15) is 17.4 Å². The first-order valence-corrected chi connectivity index (χ1v) is 9.11. The van der Waals surface area contributed by atoms with Crippen LogP contribution in [0.5, 0.6) is 0 Å². The van der Waals surface area contributed by atoms with E-state index in [1.165, 1.54) is 17.2 Å². The summed E-state index contributed by atoms with van der Waals surface area (Å²) in [5.74, 6) is -1.32. The average Bonchev–Trinajstić information content (AvgIpc) is 2.81. The van der Waals surface area contributed by atoms with Gasteiger partial charge in [0.05, 0.1) is 23.3 Å². The summed E-state index contributed by atoms with van der Waals surface area (Å²) >= 11 is 0. The normalized spacial score (nSPS) is 21.0. The highest BCUT2D eigenvalue weighted by Gasteiger charge is 2.41. The van der Waals surface area contributed by atoms with Crippen LogP contribution in [0.3, 0.4) is 0 Å². The Balaban J connectivity index is 2.30. The zero-order valence-corrected chi connectivity index (χ0v) is 14.5. The molecule has 0 aliphatic carbocycles. The summed E-state index contributed by atoms with van der Waals surface area (Å²) in [6, 6.07) is 0.363. The molecule has 0 spiro atoms. The van der Waals surface area contributed by atoms with Crippen molar-refractivity contribution in [2.45, 2.75) is 39.3 Å². The van der Waals surface area contributed by atoms with Gasteiger partial charge < -0.3 is 14.1 Å². The molecule has 23 heavy (non-hydrogen) atoms. The molecule has 8 heteroatoms. The van der Waals surface area contributed by atoms with Crippen LogP contribution >= 0.6 is 0 Å². The monoisotopic (exact) mass is 343 g/mol. The number of esters is 1. The molecule has 7 nitrogen and oxygen atoms in total. The van der Waals surface area contributed by atoms with E-state index >= 15 is 0 Å². The number of ether oxygens (including phenoxy) is 1. The van der Waals surface area contributed by atoms with Crippen molar-refractivity contribution in [3.8, 4) is 0 Å². The average molecular weight is 343 g/mol. The van der Waals surface area contributed by atoms with E-state index in [9.17, 15) is 18.0 Å². The van der Waals surface area contributed by atoms with E-state index in [-0.39, 0.29) is 12.3 Å². The van der Waals surface area contributed by atoms with Crippen LogP contribution < -0.4 is 0 Å². The van der Waals surface area contributed by atoms with Crippen LogP contribution in [0.1, 0.15) is 36.9 Å². The third-order valence-corrected chi connectivity index (χ3v) is 5.09. The zero-order valence-electron chi connectivity index (χ0n) is 13.7. The minimum absolute atomic E-state index is 0.0459. The van der Waals surface area contributed by atoms with Gasteiger partial charge in [-0.15, -0.1) is 0 Å². The van der Waals surface area contributed by atoms with Crippen molar-refractivity contribution in [1.29, 1.82) is 0 Å². The molecule has 128 valence electrons. The van der Waals surface area contributed by atoms with Gasteiger partial charge in [0.25, 0.3) is 5.91 Å². The van der Waals surface area contributed by atoms with E-state index in [4.69, 9.17) is 9.15 Å². The van der Waals surface area contributed by atoms with Gasteiger partial charge in [-0.25, -0.2) is 13.2 Å². The second-order valence-corrected chi connectivity index (χ2v) is 8.78. The minimum Gasteiger partial charge on any atom is -0.469 e. The van der Waals surface area contributed by atoms with E-state index in [0.29, 0.717) is 11.3 Å². The molecule has 2 rings (SSSR count). The highest BCUT2D eigenvalue weighted by atomic mass is 32.2. The van der Waals surface area contributed by atoms with Gasteiger partial charge in [-0.05, 0) is 33.8 Å². The van der Waals surface area contributed by atoms with E-state index in [0.717, 1.165) is 0 Å². The summed E-state index contributed by atoms with van der Waals surface area (Å²) < 4.78 is 34.2. The van der Waals surface area contributed by atoms with Crippen molar-refractivity contribution in [3.05, 3.63) is 23.7 Å². The smallest absolute Gasteiger partial charge is 0.330 e. The second kappa shape index (κ2) is 5.99. The maximum absolute atomic E-state index is 12.6. The number of sulfone groups is 1. The van der Waals surface area contributed by atoms with Crippen molar-refractivity contribution in [2.24, 2.45) is 0 Å². The number of rotatable bonds is 2. The quantitative estimate of drug-likeness (QED) is 0.748. The first-order chi connectivity index (χ1) is 10.5. The fraction of sp³-hybridized carbons (Fsp3) is 0.600. The van der Waals surface area contributed by atoms with E-state index in [2.05, 4.69) is 0 Å². The molecule has 1 aliphatic heterocycles. The Labute approximate surface area is 135 Å². The topological polar surface area (TPSA) is 93.9 Å². The van der Waals surface area contributed by atoms with Crippen LogP contribution in [-0.4, -0.2) is 54.9 Å². The van der Waals surface area contributed by atoms with Crippen LogP contribution in [0.15, 0.2) is 16.7 Å². The van der Waals surface area contributed by atoms with Crippen molar-refractivity contribution < 1.29 is 27.2 Å². The van der Waals surface area contributed by atoms with Gasteiger partial charge >= 0.3 is 5.97 Å². The summed E-state index contributed by atoms with van der Waals surface area (Å²) in [5, 5.41) is 0. The maximum atomic E-state index is 12.6. The third kappa shape index (κ3) is 4.13. The van der Waals surface area contributed by atoms with Crippen molar-refractivity contribution in [2.75, 3.05) is 18.1 Å². The number of carbonyl (C=O) groups is 2. The molecular weight excluding hydrogens is 322 g/mol. The van der Waals surface area contributed by atoms with E-state index < -0.39 is 39.1 Å². The number of nitrogens with zero attached hydrogens (tertiary/aromatic N) is 1. The maximum Gasteiger partial charge on any atom is 0.330 e. The van der Waals surface area contributed by atoms with Crippen LogP contribution in [-0.2, 0) is 19.4 Å². The molecule has 1 unspecified atom stereocenters. The Morgan fingerprint density at radius 2 is 2.00 bits per heavy atom. The first-order valence-electron chi connectivity index (χ1n) is 7.28. The van der Waals surface area contributed by atoms with Crippen molar-refractivity contribution in [1.82, 2.24) is 4.90 Å². The van der Waals surface area contributed by atoms with E-state index in [1.54, 1.807) is 27.7 Å². The zero-order chi connectivity index (χ0) is 17.4. The lowest BCUT2D eigenvalue weighted by atomic mass is 10.1. The summed E-state index contributed by atoms with van der Waals surface area (Å²) in [5.41, 5.74) is -0.448. The fourth-order valence-electron chi connectivity index (χ4n) is 2.38. The molecule has 2 heterocycles. The lowest BCUT2D eigenvalue weighted by molar-refractivity contribution is -0.159. The number of hydrogen-bond donors (Lipinski definition) is 0. The number of amides is 1. The molecule has 1 aromatic rings. The molecule has 0 radical (unpaired) electrons. The number of furan rings is 1. The summed E-state index contributed by atoms with van der Waals surface area (Å²) in [7, 11) is -3.40. The van der Waals surface area contributed by atoms with Gasteiger partial charge in [0.2, 0.25) is 0 Å². The Hall–Kier alpha value is -1.83. The molecule has 1 aromatic heterocycles. The molecule has 1 saturated heterocycles. The Kier molecular flexibility index (Phi) is 4.57. The SMILES string of the molecule is Cc1occc1C(=O)N1CCS(=O)(=O)CC1C(=O)OC(C)(C)C. The highest BCUT2D eigenvalue weighted by molar-refractivity contribution is 7.91. The van der Waals surface area contributed by atoms with Crippen LogP contribution in [0.25, 0.3) is 0 Å². The second-order valence-electron chi connectivity index (χ2n) is 6.55. The predicted octanol–water partition coefficient (Wildman–Crippen LogP) is 1.17. The molecule has 1 atom stereocenters. The Bertz CT molecular complexity index is 713. The van der Waals surface area contributed by atoms with Gasteiger partial charge in [-0.2, -0.15) is 0 Å². The lowest BCUT2D eigenvalue weighted by Crippen LogP contribution is -2.56. The first kappa shape index (κ1) is 17.5. The fourth-order valence-corrected chi connectivity index (χ4v) is 3.82. The number of carbonyl (C=O) groups excluding carboxylic acids is 2. The largest absolute Gasteiger partial charge is 0.469 e. The van der Waals surface area contributed by atoms with Gasteiger partial charge in [-0.3, -0.25) is 4.79 Å². The van der Waals surface area contributed by atoms with Gasteiger partial charge in [0, 0.05) is 6.54 Å². The molecule has 1 fully saturated rings. The summed E-state index contributed by atoms with van der Waals surface area (Å²) in [6.07, 6.45) is 1.38. The summed E-state index contributed by atoms with van der Waals surface area (Å²) in [6.45, 7) is 6.66. The minimum atomic E-state index is -3.40. The summed E-state index contributed by atoms with van der Waals surface area (Å²) in [4.78, 5) is 26.3. The highest BCUT2D eigenvalue weighted by Crippen LogP contribution is 2.21. The van der Waals surface area contributed by atoms with Crippen LogP contribution in [0, 0.1) is 6.92 Å². The van der Waals surface area contributed by atoms with Crippen LogP contribution in [0.4, 0.5) is 0 Å². The van der Waals surface area contributed by atoms with Crippen molar-refractivity contribution >= 4 is 21.7 Å². The Morgan fingerprint density at radius 3 is 2.52 bits per heavy atom. The molecular formula is C15H21NO6S. The number of hydrogen-bond acceptors (Lipinski definition) is 6. The molecule has 0 saturated carbocycles. The molecule has 0 N–H and O–H groups in total. The van der Waals surface area contributed by atoms with Gasteiger partial charge in [-0.1, -0.05) is 0 Å². The van der Waals surface area contributed by atoms with Gasteiger partial charge in [0.15, 0.2) is 9.84 Å². The molecule has 1 aliphatic rings. The van der Waals surface area contributed by atoms with Crippen molar-refractivity contribution in [3.63, 3.8) is 0 Å².